The second kappa shape index (κ2) is 6.20. The Morgan fingerprint density at radius 1 is 1.53 bits per heavy atom. The van der Waals surface area contributed by atoms with E-state index in [9.17, 15) is 4.79 Å². The topological polar surface area (TPSA) is 71.2 Å². The molecule has 5 nitrogen and oxygen atoms in total. The first-order valence-electron chi connectivity index (χ1n) is 5.66. The summed E-state index contributed by atoms with van der Waals surface area (Å²) in [5.74, 6) is 1.01. The monoisotopic (exact) mass is 236 g/mol. The molecule has 0 aromatic carbocycles. The minimum Gasteiger partial charge on any atom is -0.363 e. The van der Waals surface area contributed by atoms with E-state index in [0.29, 0.717) is 18.7 Å². The van der Waals surface area contributed by atoms with E-state index in [0.717, 1.165) is 5.82 Å². The van der Waals surface area contributed by atoms with Crippen LogP contribution in [-0.2, 0) is 0 Å². The average molecular weight is 236 g/mol. The van der Waals surface area contributed by atoms with Gasteiger partial charge in [-0.25, -0.2) is 4.98 Å². The maximum Gasteiger partial charge on any atom is 0.252 e. The van der Waals surface area contributed by atoms with Crippen LogP contribution in [0.15, 0.2) is 18.3 Å². The molecule has 0 aliphatic heterocycles. The van der Waals surface area contributed by atoms with Gasteiger partial charge in [-0.2, -0.15) is 0 Å². The molecule has 0 aliphatic carbocycles. The van der Waals surface area contributed by atoms with Gasteiger partial charge in [0.15, 0.2) is 0 Å². The average Bonchev–Trinajstić information content (AvgIpc) is 2.35. The number of carbonyl (C=O) groups is 1. The highest BCUT2D eigenvalue weighted by Gasteiger charge is 2.07. The van der Waals surface area contributed by atoms with Crippen LogP contribution in [-0.4, -0.2) is 38.1 Å². The summed E-state index contributed by atoms with van der Waals surface area (Å²) in [6.07, 6.45) is 1.58. The van der Waals surface area contributed by atoms with Crippen LogP contribution < -0.4 is 16.0 Å². The third-order valence-electron chi connectivity index (χ3n) is 2.48. The van der Waals surface area contributed by atoms with Gasteiger partial charge in [0.05, 0.1) is 5.56 Å². The fourth-order valence-electron chi connectivity index (χ4n) is 1.24. The lowest BCUT2D eigenvalue weighted by molar-refractivity contribution is 0.0948. The van der Waals surface area contributed by atoms with Gasteiger partial charge in [0.25, 0.3) is 5.91 Å². The molecule has 0 saturated heterocycles. The summed E-state index contributed by atoms with van der Waals surface area (Å²) < 4.78 is 0. The zero-order valence-corrected chi connectivity index (χ0v) is 10.6. The number of aromatic nitrogens is 1. The van der Waals surface area contributed by atoms with Crippen molar-refractivity contribution in [2.24, 2.45) is 11.7 Å². The molecule has 94 valence electrons. The molecule has 1 amide bonds. The van der Waals surface area contributed by atoms with Gasteiger partial charge in [-0.1, -0.05) is 6.92 Å². The van der Waals surface area contributed by atoms with Gasteiger partial charge in [-0.05, 0) is 24.6 Å². The summed E-state index contributed by atoms with van der Waals surface area (Å²) in [4.78, 5) is 17.8. The molecule has 1 rings (SSSR count). The van der Waals surface area contributed by atoms with Crippen LogP contribution in [0.5, 0.6) is 0 Å². The molecular formula is C12H20N4O. The van der Waals surface area contributed by atoms with E-state index < -0.39 is 0 Å². The fraction of sp³-hybridized carbons (Fsp3) is 0.500. The molecule has 0 fully saturated rings. The summed E-state index contributed by atoms with van der Waals surface area (Å²) in [6.45, 7) is 3.15. The lowest BCUT2D eigenvalue weighted by Crippen LogP contribution is -2.31. The van der Waals surface area contributed by atoms with Crippen molar-refractivity contribution in [2.45, 2.75) is 6.92 Å². The molecule has 1 heterocycles. The van der Waals surface area contributed by atoms with Gasteiger partial charge in [0.1, 0.15) is 5.82 Å². The Hall–Kier alpha value is -1.62. The van der Waals surface area contributed by atoms with Crippen molar-refractivity contribution in [1.82, 2.24) is 10.3 Å². The summed E-state index contributed by atoms with van der Waals surface area (Å²) in [5, 5.41) is 2.83. The molecule has 17 heavy (non-hydrogen) atoms. The SMILES string of the molecule is CC(CN)CNC(=O)c1ccc(N(C)C)nc1. The molecule has 1 unspecified atom stereocenters. The van der Waals surface area contributed by atoms with Gasteiger partial charge >= 0.3 is 0 Å². The number of carbonyl (C=O) groups excluding carboxylic acids is 1. The van der Waals surface area contributed by atoms with Gasteiger partial charge in [-0.15, -0.1) is 0 Å². The van der Waals surface area contributed by atoms with Crippen LogP contribution >= 0.6 is 0 Å². The zero-order chi connectivity index (χ0) is 12.8. The second-order valence-corrected chi connectivity index (χ2v) is 4.35. The largest absolute Gasteiger partial charge is 0.363 e. The van der Waals surface area contributed by atoms with Crippen LogP contribution in [0.4, 0.5) is 5.82 Å². The smallest absolute Gasteiger partial charge is 0.252 e. The van der Waals surface area contributed by atoms with Crippen molar-refractivity contribution in [3.05, 3.63) is 23.9 Å². The number of hydrogen-bond acceptors (Lipinski definition) is 4. The highest BCUT2D eigenvalue weighted by molar-refractivity contribution is 5.94. The van der Waals surface area contributed by atoms with E-state index in [2.05, 4.69) is 10.3 Å². The molecule has 0 bridgehead atoms. The Kier molecular flexibility index (Phi) is 4.90. The summed E-state index contributed by atoms with van der Waals surface area (Å²) >= 11 is 0. The maximum atomic E-state index is 11.7. The Morgan fingerprint density at radius 3 is 2.71 bits per heavy atom. The van der Waals surface area contributed by atoms with E-state index in [1.54, 1.807) is 12.3 Å². The van der Waals surface area contributed by atoms with E-state index in [1.165, 1.54) is 0 Å². The Morgan fingerprint density at radius 2 is 2.24 bits per heavy atom. The van der Waals surface area contributed by atoms with Crippen molar-refractivity contribution in [1.29, 1.82) is 0 Å². The Balaban J connectivity index is 2.58. The second-order valence-electron chi connectivity index (χ2n) is 4.35. The highest BCUT2D eigenvalue weighted by atomic mass is 16.1. The van der Waals surface area contributed by atoms with Crippen molar-refractivity contribution in [3.8, 4) is 0 Å². The first-order chi connectivity index (χ1) is 8.04. The number of hydrogen-bond donors (Lipinski definition) is 2. The summed E-state index contributed by atoms with van der Waals surface area (Å²) in [7, 11) is 3.82. The van der Waals surface area contributed by atoms with Crippen LogP contribution in [0.2, 0.25) is 0 Å². The third-order valence-corrected chi connectivity index (χ3v) is 2.48. The molecule has 3 N–H and O–H groups in total. The summed E-state index contributed by atoms with van der Waals surface area (Å²) in [5.41, 5.74) is 6.05. The first-order valence-corrected chi connectivity index (χ1v) is 5.66. The Bertz CT molecular complexity index is 361. The molecule has 5 heteroatoms. The Labute approximate surface area is 102 Å². The molecule has 0 radical (unpaired) electrons. The number of anilines is 1. The standard InChI is InChI=1S/C12H20N4O/c1-9(6-13)7-15-12(17)10-4-5-11(14-8-10)16(2)3/h4-5,8-9H,6-7,13H2,1-3H3,(H,15,17). The molecular weight excluding hydrogens is 216 g/mol. The lowest BCUT2D eigenvalue weighted by Gasteiger charge is -2.12. The highest BCUT2D eigenvalue weighted by Crippen LogP contribution is 2.07. The quantitative estimate of drug-likeness (QED) is 0.779. The molecule has 0 spiro atoms. The summed E-state index contributed by atoms with van der Waals surface area (Å²) in [6, 6.07) is 3.59. The number of amides is 1. The fourth-order valence-corrected chi connectivity index (χ4v) is 1.24. The normalized spacial score (nSPS) is 12.0. The van der Waals surface area contributed by atoms with Gasteiger partial charge in [-0.3, -0.25) is 4.79 Å². The van der Waals surface area contributed by atoms with Crippen molar-refractivity contribution < 1.29 is 4.79 Å². The van der Waals surface area contributed by atoms with Crippen molar-refractivity contribution in [2.75, 3.05) is 32.1 Å². The van der Waals surface area contributed by atoms with Crippen molar-refractivity contribution in [3.63, 3.8) is 0 Å². The lowest BCUT2D eigenvalue weighted by atomic mass is 10.2. The number of nitrogens with one attached hydrogen (secondary N) is 1. The number of nitrogens with two attached hydrogens (primary N) is 1. The number of pyridine rings is 1. The number of nitrogens with zero attached hydrogens (tertiary/aromatic N) is 2. The van der Waals surface area contributed by atoms with Crippen LogP contribution in [0.25, 0.3) is 0 Å². The van der Waals surface area contributed by atoms with Gasteiger partial charge < -0.3 is 16.0 Å². The maximum absolute atomic E-state index is 11.7. The van der Waals surface area contributed by atoms with E-state index in [1.807, 2.05) is 32.0 Å². The van der Waals surface area contributed by atoms with Gasteiger partial charge in [0.2, 0.25) is 0 Å². The zero-order valence-electron chi connectivity index (χ0n) is 10.6. The molecule has 0 saturated carbocycles. The van der Waals surface area contributed by atoms with Gasteiger partial charge in [0, 0.05) is 26.8 Å². The predicted octanol–water partition coefficient (Wildman–Crippen LogP) is 0.472. The van der Waals surface area contributed by atoms with E-state index >= 15 is 0 Å². The van der Waals surface area contributed by atoms with Crippen molar-refractivity contribution >= 4 is 11.7 Å². The molecule has 1 aromatic heterocycles. The minimum atomic E-state index is -0.108. The molecule has 0 aliphatic rings. The van der Waals surface area contributed by atoms with E-state index in [-0.39, 0.29) is 11.8 Å². The first kappa shape index (κ1) is 13.4. The minimum absolute atomic E-state index is 0.108. The van der Waals surface area contributed by atoms with Crippen LogP contribution in [0.3, 0.4) is 0 Å². The molecule has 1 aromatic rings. The van der Waals surface area contributed by atoms with E-state index in [4.69, 9.17) is 5.73 Å². The molecule has 1 atom stereocenters. The predicted molar refractivity (Wildman–Crippen MR) is 69.1 cm³/mol. The van der Waals surface area contributed by atoms with Crippen LogP contribution in [0, 0.1) is 5.92 Å². The number of rotatable bonds is 5. The van der Waals surface area contributed by atoms with Crippen LogP contribution in [0.1, 0.15) is 17.3 Å². The third kappa shape index (κ3) is 4.03.